The lowest BCUT2D eigenvalue weighted by atomic mass is 9.90. The number of amides is 1. The van der Waals surface area contributed by atoms with Crippen LogP contribution in [0.3, 0.4) is 0 Å². The number of nitrogens with one attached hydrogen (secondary N) is 3. The molecule has 40 heavy (non-hydrogen) atoms. The van der Waals surface area contributed by atoms with E-state index in [9.17, 15) is 18.0 Å². The van der Waals surface area contributed by atoms with Gasteiger partial charge in [-0.2, -0.15) is 13.2 Å². The van der Waals surface area contributed by atoms with Gasteiger partial charge in [0.2, 0.25) is 0 Å². The molecular weight excluding hydrogens is 541 g/mol. The second-order valence-corrected chi connectivity index (χ2v) is 10.7. The molecule has 1 saturated carbocycles. The number of carbonyl (C=O) groups is 1. The number of hydrogen-bond acceptors (Lipinski definition) is 7. The minimum atomic E-state index is -4.50. The lowest BCUT2D eigenvalue weighted by molar-refractivity contribution is -0.0330. The number of halogens is 3. The molecule has 0 atom stereocenters. The number of ether oxygens (including phenoxy) is 1. The highest BCUT2D eigenvalue weighted by molar-refractivity contribution is 8.00. The third-order valence-corrected chi connectivity index (χ3v) is 7.68. The Labute approximate surface area is 236 Å². The Balaban J connectivity index is 1.56. The van der Waals surface area contributed by atoms with Crippen molar-refractivity contribution in [1.29, 1.82) is 0 Å². The van der Waals surface area contributed by atoms with Crippen LogP contribution in [0.4, 0.5) is 24.5 Å². The fourth-order valence-electron chi connectivity index (χ4n) is 4.79. The zero-order valence-electron chi connectivity index (χ0n) is 22.9. The van der Waals surface area contributed by atoms with Crippen molar-refractivity contribution >= 4 is 34.7 Å². The summed E-state index contributed by atoms with van der Waals surface area (Å²) in [6.07, 6.45) is 5.63. The van der Waals surface area contributed by atoms with Gasteiger partial charge in [-0.15, -0.1) is 0 Å². The van der Waals surface area contributed by atoms with Crippen LogP contribution in [0.5, 0.6) is 5.75 Å². The summed E-state index contributed by atoms with van der Waals surface area (Å²) in [7, 11) is 7.19. The van der Waals surface area contributed by atoms with Crippen LogP contribution in [0.15, 0.2) is 41.6 Å². The van der Waals surface area contributed by atoms with Gasteiger partial charge in [0.15, 0.2) is 5.65 Å². The number of aromatic nitrogens is 2. The number of imidazole rings is 1. The van der Waals surface area contributed by atoms with E-state index in [4.69, 9.17) is 4.74 Å². The third kappa shape index (κ3) is 7.14. The van der Waals surface area contributed by atoms with Crippen LogP contribution in [-0.4, -0.2) is 72.6 Å². The molecule has 12 heteroatoms. The van der Waals surface area contributed by atoms with E-state index >= 15 is 0 Å². The molecule has 4 rings (SSSR count). The number of rotatable bonds is 8. The van der Waals surface area contributed by atoms with Crippen molar-refractivity contribution < 1.29 is 22.7 Å². The number of methoxy groups -OCH3 is 1. The monoisotopic (exact) mass is 574 g/mol. The molecule has 0 unspecified atom stereocenters. The summed E-state index contributed by atoms with van der Waals surface area (Å²) in [6, 6.07) is 9.24. The molecule has 1 aromatic carbocycles. The number of anilines is 2. The number of alkyl halides is 3. The Morgan fingerprint density at radius 1 is 1.20 bits per heavy atom. The van der Waals surface area contributed by atoms with Crippen LogP contribution >= 0.6 is 11.8 Å². The molecule has 0 aliphatic heterocycles. The van der Waals surface area contributed by atoms with Crippen LogP contribution in [0.1, 0.15) is 41.7 Å². The van der Waals surface area contributed by atoms with Gasteiger partial charge in [-0.1, -0.05) is 5.92 Å². The maximum Gasteiger partial charge on any atom is 0.447 e. The predicted molar refractivity (Wildman–Crippen MR) is 152 cm³/mol. The average molecular weight is 575 g/mol. The van der Waals surface area contributed by atoms with Gasteiger partial charge >= 0.3 is 5.51 Å². The summed E-state index contributed by atoms with van der Waals surface area (Å²) in [4.78, 5) is 18.6. The molecule has 1 amide bonds. The van der Waals surface area contributed by atoms with Gasteiger partial charge in [0.25, 0.3) is 5.91 Å². The van der Waals surface area contributed by atoms with E-state index in [0.29, 0.717) is 34.4 Å². The fourth-order valence-corrected chi connectivity index (χ4v) is 5.45. The number of thioether (sulfide) groups is 1. The zero-order valence-corrected chi connectivity index (χ0v) is 23.7. The molecule has 1 fully saturated rings. The summed E-state index contributed by atoms with van der Waals surface area (Å²) in [5.41, 5.74) is -2.32. The molecule has 0 radical (unpaired) electrons. The second-order valence-electron chi connectivity index (χ2n) is 9.69. The maximum absolute atomic E-state index is 13.5. The molecule has 8 nitrogen and oxygen atoms in total. The molecule has 0 spiro atoms. The van der Waals surface area contributed by atoms with Gasteiger partial charge in [0.05, 0.1) is 25.0 Å². The van der Waals surface area contributed by atoms with Crippen molar-refractivity contribution in [2.75, 3.05) is 45.4 Å². The van der Waals surface area contributed by atoms with Crippen molar-refractivity contribution in [3.8, 4) is 17.6 Å². The van der Waals surface area contributed by atoms with Crippen LogP contribution in [0.25, 0.3) is 5.65 Å². The van der Waals surface area contributed by atoms with Crippen molar-refractivity contribution in [3.05, 3.63) is 47.8 Å². The van der Waals surface area contributed by atoms with Crippen molar-refractivity contribution in [1.82, 2.24) is 19.6 Å². The summed E-state index contributed by atoms with van der Waals surface area (Å²) in [5, 5.41) is 9.07. The van der Waals surface area contributed by atoms with Crippen molar-refractivity contribution in [3.63, 3.8) is 0 Å². The highest BCUT2D eigenvalue weighted by atomic mass is 32.2. The Kier molecular flexibility index (Phi) is 9.37. The summed E-state index contributed by atoms with van der Waals surface area (Å²) >= 11 is -0.225. The van der Waals surface area contributed by atoms with Gasteiger partial charge in [0, 0.05) is 42.7 Å². The van der Waals surface area contributed by atoms with Crippen molar-refractivity contribution in [2.45, 2.75) is 48.3 Å². The molecule has 2 heterocycles. The summed E-state index contributed by atoms with van der Waals surface area (Å²) < 4.78 is 47.3. The molecule has 214 valence electrons. The first-order valence-electron chi connectivity index (χ1n) is 12.9. The smallest absolute Gasteiger partial charge is 0.447 e. The third-order valence-electron chi connectivity index (χ3n) is 6.87. The first-order valence-corrected chi connectivity index (χ1v) is 13.7. The van der Waals surface area contributed by atoms with Crippen LogP contribution in [0.2, 0.25) is 0 Å². The first-order chi connectivity index (χ1) is 19.1. The highest BCUT2D eigenvalue weighted by Gasteiger charge is 2.33. The van der Waals surface area contributed by atoms with Crippen molar-refractivity contribution in [2.24, 2.45) is 0 Å². The summed E-state index contributed by atoms with van der Waals surface area (Å²) in [6.45, 7) is 0.125. The normalized spacial score (nSPS) is 17.3. The average Bonchev–Trinajstić information content (AvgIpc) is 3.27. The van der Waals surface area contributed by atoms with E-state index in [0.717, 1.165) is 25.7 Å². The molecule has 0 saturated heterocycles. The minimum absolute atomic E-state index is 0.0524. The van der Waals surface area contributed by atoms with Gasteiger partial charge in [-0.3, -0.25) is 9.20 Å². The standard InChI is InChI=1S/C28H33F3N6O2S/c1-32-26(38)18-9-14-21(24(17-18)39-4)33-15-5-7-23-27(40-28(29,30)31)37-16-6-8-22(25(37)35-23)34-19-10-12-20(13-11-19)36(2)3/h6,8-9,14,16-17,19-20,33-34H,10-13,15H2,1-4H3,(H,32,38). The van der Waals surface area contributed by atoms with Gasteiger partial charge in [-0.05, 0) is 76.0 Å². The second kappa shape index (κ2) is 12.7. The van der Waals surface area contributed by atoms with Gasteiger partial charge in [-0.25, -0.2) is 4.98 Å². The Morgan fingerprint density at radius 2 is 1.95 bits per heavy atom. The van der Waals surface area contributed by atoms with Gasteiger partial charge in [0.1, 0.15) is 16.5 Å². The lowest BCUT2D eigenvalue weighted by Gasteiger charge is -2.33. The Bertz CT molecular complexity index is 1400. The molecule has 3 N–H and O–H groups in total. The number of carbonyl (C=O) groups excluding carboxylic acids is 1. The molecule has 0 bridgehead atoms. The van der Waals surface area contributed by atoms with E-state index in [1.165, 1.54) is 18.6 Å². The molecule has 1 aliphatic carbocycles. The quantitative estimate of drug-likeness (QED) is 0.256. The first kappa shape index (κ1) is 29.4. The highest BCUT2D eigenvalue weighted by Crippen LogP contribution is 2.39. The van der Waals surface area contributed by atoms with Crippen LogP contribution < -0.4 is 20.7 Å². The Hall–Kier alpha value is -3.56. The molecule has 1 aliphatic rings. The minimum Gasteiger partial charge on any atom is -0.495 e. The number of nitrogens with zero attached hydrogens (tertiary/aromatic N) is 3. The van der Waals surface area contributed by atoms with Gasteiger partial charge < -0.3 is 25.6 Å². The lowest BCUT2D eigenvalue weighted by Crippen LogP contribution is -2.36. The largest absolute Gasteiger partial charge is 0.495 e. The predicted octanol–water partition coefficient (Wildman–Crippen LogP) is 5.06. The Morgan fingerprint density at radius 3 is 2.60 bits per heavy atom. The van der Waals surface area contributed by atoms with E-state index in [1.807, 2.05) is 6.07 Å². The number of benzene rings is 1. The van der Waals surface area contributed by atoms with Crippen LogP contribution in [0, 0.1) is 11.8 Å². The molecule has 2 aromatic heterocycles. The number of pyridine rings is 1. The van der Waals surface area contributed by atoms with E-state index < -0.39 is 5.51 Å². The van der Waals surface area contributed by atoms with E-state index in [-0.39, 0.29) is 41.0 Å². The zero-order chi connectivity index (χ0) is 28.9. The molecule has 3 aromatic rings. The number of hydrogen-bond donors (Lipinski definition) is 3. The van der Waals surface area contributed by atoms with Crippen LogP contribution in [-0.2, 0) is 0 Å². The van der Waals surface area contributed by atoms with E-state index in [1.54, 1.807) is 30.5 Å². The maximum atomic E-state index is 13.5. The SMILES string of the molecule is CNC(=O)c1ccc(NCC#Cc2nc3c(NC4CCC(N(C)C)CC4)cccn3c2SC(F)(F)F)c(OC)c1. The summed E-state index contributed by atoms with van der Waals surface area (Å²) in [5.74, 6) is 5.89. The van der Waals surface area contributed by atoms with E-state index in [2.05, 4.69) is 51.8 Å². The fraction of sp³-hybridized carbons (Fsp3) is 0.429. The topological polar surface area (TPSA) is 82.9 Å². The molecular formula is C28H33F3N6O2S. The number of fused-ring (bicyclic) bond motifs is 1.